The van der Waals surface area contributed by atoms with Crippen molar-refractivity contribution in [2.75, 3.05) is 0 Å². The van der Waals surface area contributed by atoms with Crippen molar-refractivity contribution in [3.8, 4) is 0 Å². The van der Waals surface area contributed by atoms with E-state index < -0.39 is 0 Å². The van der Waals surface area contributed by atoms with Gasteiger partial charge in [-0.05, 0) is 18.4 Å². The van der Waals surface area contributed by atoms with Gasteiger partial charge in [0.2, 0.25) is 0 Å². The van der Waals surface area contributed by atoms with Gasteiger partial charge < -0.3 is 0 Å². The molecular formula is C13H20N2O. The minimum absolute atomic E-state index is 0.339. The van der Waals surface area contributed by atoms with E-state index in [4.69, 9.17) is 0 Å². The summed E-state index contributed by atoms with van der Waals surface area (Å²) in [5.74, 6) is 1.15. The van der Waals surface area contributed by atoms with Gasteiger partial charge in [-0.2, -0.15) is 5.10 Å². The highest BCUT2D eigenvalue weighted by atomic mass is 16.1. The summed E-state index contributed by atoms with van der Waals surface area (Å²) in [6, 6.07) is 1.92. The molecule has 0 aromatic carbocycles. The van der Waals surface area contributed by atoms with E-state index in [9.17, 15) is 4.79 Å². The normalized spacial score (nSPS) is 16.8. The summed E-state index contributed by atoms with van der Waals surface area (Å²) in [6.45, 7) is 0. The lowest BCUT2D eigenvalue weighted by atomic mass is 9.99. The lowest BCUT2D eigenvalue weighted by Crippen LogP contribution is -2.06. The van der Waals surface area contributed by atoms with Crippen LogP contribution in [0.2, 0.25) is 0 Å². The zero-order valence-corrected chi connectivity index (χ0v) is 9.98. The second-order valence-electron chi connectivity index (χ2n) is 4.89. The summed E-state index contributed by atoms with van der Waals surface area (Å²) in [7, 11) is 1.88. The molecule has 3 heteroatoms. The van der Waals surface area contributed by atoms with E-state index in [1.165, 1.54) is 25.7 Å². The van der Waals surface area contributed by atoms with Crippen LogP contribution >= 0.6 is 0 Å². The van der Waals surface area contributed by atoms with Crippen molar-refractivity contribution in [1.29, 1.82) is 0 Å². The Balaban J connectivity index is 1.71. The Morgan fingerprint density at radius 1 is 1.50 bits per heavy atom. The summed E-state index contributed by atoms with van der Waals surface area (Å²) < 4.78 is 1.75. The summed E-state index contributed by atoms with van der Waals surface area (Å²) in [5.41, 5.74) is 0.902. The Labute approximate surface area is 96.8 Å². The SMILES string of the molecule is Cn1ccc(CC(=O)CCC2CCCC2)n1. The molecule has 0 bridgehead atoms. The summed E-state index contributed by atoms with van der Waals surface area (Å²) >= 11 is 0. The predicted molar refractivity (Wildman–Crippen MR) is 63.1 cm³/mol. The van der Waals surface area contributed by atoms with Crippen LogP contribution in [0.1, 0.15) is 44.2 Å². The highest BCUT2D eigenvalue weighted by molar-refractivity contribution is 5.80. The Morgan fingerprint density at radius 2 is 2.25 bits per heavy atom. The predicted octanol–water partition coefficient (Wildman–Crippen LogP) is 2.50. The highest BCUT2D eigenvalue weighted by Crippen LogP contribution is 2.28. The van der Waals surface area contributed by atoms with Crippen molar-refractivity contribution in [2.45, 2.75) is 44.9 Å². The number of carbonyl (C=O) groups excluding carboxylic acids is 1. The number of rotatable bonds is 5. The van der Waals surface area contributed by atoms with Gasteiger partial charge in [-0.1, -0.05) is 25.7 Å². The Morgan fingerprint density at radius 3 is 2.88 bits per heavy atom. The lowest BCUT2D eigenvalue weighted by Gasteiger charge is -2.06. The maximum absolute atomic E-state index is 11.7. The number of aryl methyl sites for hydroxylation is 1. The van der Waals surface area contributed by atoms with Gasteiger partial charge in [0.1, 0.15) is 5.78 Å². The maximum Gasteiger partial charge on any atom is 0.138 e. The van der Waals surface area contributed by atoms with Crippen LogP contribution < -0.4 is 0 Å². The van der Waals surface area contributed by atoms with Gasteiger partial charge in [-0.15, -0.1) is 0 Å². The smallest absolute Gasteiger partial charge is 0.138 e. The van der Waals surface area contributed by atoms with Gasteiger partial charge in [0.25, 0.3) is 0 Å². The Hall–Kier alpha value is -1.12. The monoisotopic (exact) mass is 220 g/mol. The highest BCUT2D eigenvalue weighted by Gasteiger charge is 2.16. The van der Waals surface area contributed by atoms with Crippen LogP contribution in [0.3, 0.4) is 0 Å². The minimum Gasteiger partial charge on any atom is -0.299 e. The van der Waals surface area contributed by atoms with Crippen LogP contribution in [0.25, 0.3) is 0 Å². The summed E-state index contributed by atoms with van der Waals surface area (Å²) in [5, 5.41) is 4.23. The molecule has 3 nitrogen and oxygen atoms in total. The Bertz CT molecular complexity index is 351. The molecule has 16 heavy (non-hydrogen) atoms. The van der Waals surface area contributed by atoms with Crippen molar-refractivity contribution >= 4 is 5.78 Å². The lowest BCUT2D eigenvalue weighted by molar-refractivity contribution is -0.118. The number of hydrogen-bond acceptors (Lipinski definition) is 2. The van der Waals surface area contributed by atoms with Crippen LogP contribution in [0, 0.1) is 5.92 Å². The first-order valence-corrected chi connectivity index (χ1v) is 6.24. The van der Waals surface area contributed by atoms with E-state index >= 15 is 0 Å². The third kappa shape index (κ3) is 3.19. The first kappa shape index (κ1) is 11.4. The molecule has 2 rings (SSSR count). The average molecular weight is 220 g/mol. The number of Topliss-reactive ketones (excluding diaryl/α,β-unsaturated/α-hetero) is 1. The van der Waals surface area contributed by atoms with E-state index in [1.807, 2.05) is 19.3 Å². The third-order valence-electron chi connectivity index (χ3n) is 3.45. The van der Waals surface area contributed by atoms with E-state index in [2.05, 4.69) is 5.10 Å². The van der Waals surface area contributed by atoms with E-state index in [0.29, 0.717) is 12.2 Å². The van der Waals surface area contributed by atoms with Crippen LogP contribution in [0.4, 0.5) is 0 Å². The summed E-state index contributed by atoms with van der Waals surface area (Å²) in [4.78, 5) is 11.7. The quantitative estimate of drug-likeness (QED) is 0.764. The number of aromatic nitrogens is 2. The second kappa shape index (κ2) is 5.28. The van der Waals surface area contributed by atoms with Crippen LogP contribution in [-0.4, -0.2) is 15.6 Å². The molecule has 1 aliphatic carbocycles. The maximum atomic E-state index is 11.7. The number of hydrogen-bond donors (Lipinski definition) is 0. The molecular weight excluding hydrogens is 200 g/mol. The molecule has 0 saturated heterocycles. The van der Waals surface area contributed by atoms with Gasteiger partial charge in [-0.3, -0.25) is 9.48 Å². The van der Waals surface area contributed by atoms with Gasteiger partial charge in [0, 0.05) is 19.7 Å². The first-order valence-electron chi connectivity index (χ1n) is 6.24. The molecule has 88 valence electrons. The van der Waals surface area contributed by atoms with Crippen LogP contribution in [0.15, 0.2) is 12.3 Å². The van der Waals surface area contributed by atoms with Gasteiger partial charge in [0.15, 0.2) is 0 Å². The van der Waals surface area contributed by atoms with Crippen molar-refractivity contribution in [1.82, 2.24) is 9.78 Å². The fourth-order valence-corrected chi connectivity index (χ4v) is 2.51. The number of ketones is 1. The van der Waals surface area contributed by atoms with Crippen LogP contribution in [-0.2, 0) is 18.3 Å². The fraction of sp³-hybridized carbons (Fsp3) is 0.692. The average Bonchev–Trinajstić information content (AvgIpc) is 2.87. The zero-order valence-electron chi connectivity index (χ0n) is 9.98. The first-order chi connectivity index (χ1) is 7.74. The van der Waals surface area contributed by atoms with Crippen molar-refractivity contribution in [3.05, 3.63) is 18.0 Å². The van der Waals surface area contributed by atoms with E-state index in [1.54, 1.807) is 4.68 Å². The molecule has 0 aliphatic heterocycles. The van der Waals surface area contributed by atoms with Gasteiger partial charge in [-0.25, -0.2) is 0 Å². The van der Waals surface area contributed by atoms with E-state index in [0.717, 1.165) is 24.5 Å². The molecule has 0 atom stereocenters. The molecule has 1 fully saturated rings. The van der Waals surface area contributed by atoms with Gasteiger partial charge in [0.05, 0.1) is 12.1 Å². The summed E-state index contributed by atoms with van der Waals surface area (Å²) in [6.07, 6.45) is 9.60. The molecule has 0 spiro atoms. The molecule has 1 aliphatic rings. The molecule has 0 radical (unpaired) electrons. The van der Waals surface area contributed by atoms with E-state index in [-0.39, 0.29) is 0 Å². The molecule has 1 saturated carbocycles. The molecule has 0 N–H and O–H groups in total. The fourth-order valence-electron chi connectivity index (χ4n) is 2.51. The van der Waals surface area contributed by atoms with Crippen molar-refractivity contribution < 1.29 is 4.79 Å². The third-order valence-corrected chi connectivity index (χ3v) is 3.45. The molecule has 1 aromatic rings. The molecule has 0 unspecified atom stereocenters. The topological polar surface area (TPSA) is 34.9 Å². The standard InChI is InChI=1S/C13H20N2O/c1-15-9-8-12(14-15)10-13(16)7-6-11-4-2-3-5-11/h8-9,11H,2-7,10H2,1H3. The zero-order chi connectivity index (χ0) is 11.4. The van der Waals surface area contributed by atoms with Crippen molar-refractivity contribution in [3.63, 3.8) is 0 Å². The number of nitrogens with zero attached hydrogens (tertiary/aromatic N) is 2. The molecule has 1 aromatic heterocycles. The molecule has 0 amide bonds. The largest absolute Gasteiger partial charge is 0.299 e. The molecule has 1 heterocycles. The second-order valence-corrected chi connectivity index (χ2v) is 4.89. The Kier molecular flexibility index (Phi) is 3.75. The van der Waals surface area contributed by atoms with Gasteiger partial charge >= 0.3 is 0 Å². The van der Waals surface area contributed by atoms with Crippen molar-refractivity contribution in [2.24, 2.45) is 13.0 Å². The minimum atomic E-state index is 0.339. The number of carbonyl (C=O) groups is 1. The van der Waals surface area contributed by atoms with Crippen LogP contribution in [0.5, 0.6) is 0 Å².